The molecule has 3 heterocycles. The fourth-order valence-electron chi connectivity index (χ4n) is 3.42. The maximum absolute atomic E-state index is 13.5. The standard InChI is InChI=1S/C21H19F2N5O/c1-14(13-27-21-15(12-26-27)3-2-7-24-21)4-5-20(29)28-19(6-8-25-28)16-9-17(22)11-18(23)10-16/h2-3,7-12,19H,1,4-6,13H2. The van der Waals surface area contributed by atoms with Crippen LogP contribution in [0.25, 0.3) is 11.0 Å². The summed E-state index contributed by atoms with van der Waals surface area (Å²) in [4.78, 5) is 17.0. The molecule has 0 radical (unpaired) electrons. The molecule has 0 aliphatic carbocycles. The highest BCUT2D eigenvalue weighted by Gasteiger charge is 2.28. The average Bonchev–Trinajstić information content (AvgIpc) is 3.33. The Morgan fingerprint density at radius 3 is 2.79 bits per heavy atom. The lowest BCUT2D eigenvalue weighted by atomic mass is 10.0. The lowest BCUT2D eigenvalue weighted by Gasteiger charge is -2.22. The summed E-state index contributed by atoms with van der Waals surface area (Å²) in [5.74, 6) is -1.57. The summed E-state index contributed by atoms with van der Waals surface area (Å²) in [7, 11) is 0. The van der Waals surface area contributed by atoms with Crippen molar-refractivity contribution in [1.29, 1.82) is 0 Å². The molecule has 1 unspecified atom stereocenters. The van der Waals surface area contributed by atoms with Gasteiger partial charge < -0.3 is 0 Å². The van der Waals surface area contributed by atoms with Crippen LogP contribution in [0.3, 0.4) is 0 Å². The van der Waals surface area contributed by atoms with E-state index in [1.807, 2.05) is 12.1 Å². The highest BCUT2D eigenvalue weighted by atomic mass is 19.1. The van der Waals surface area contributed by atoms with Crippen LogP contribution in [-0.4, -0.2) is 31.9 Å². The summed E-state index contributed by atoms with van der Waals surface area (Å²) in [6.07, 6.45) is 6.08. The molecule has 148 valence electrons. The number of hydrogen-bond donors (Lipinski definition) is 0. The molecule has 0 saturated carbocycles. The molecule has 6 nitrogen and oxygen atoms in total. The molecule has 0 saturated heterocycles. The average molecular weight is 395 g/mol. The Kier molecular flexibility index (Phi) is 5.16. The Morgan fingerprint density at radius 2 is 2.00 bits per heavy atom. The van der Waals surface area contributed by atoms with Gasteiger partial charge in [0, 0.05) is 36.7 Å². The monoisotopic (exact) mass is 395 g/mol. The van der Waals surface area contributed by atoms with Crippen LogP contribution in [0.4, 0.5) is 8.78 Å². The van der Waals surface area contributed by atoms with E-state index < -0.39 is 17.7 Å². The van der Waals surface area contributed by atoms with Crippen molar-refractivity contribution in [2.75, 3.05) is 0 Å². The fraction of sp³-hybridized carbons (Fsp3) is 0.238. The highest BCUT2D eigenvalue weighted by molar-refractivity contribution is 5.80. The Hall–Kier alpha value is -3.42. The molecule has 1 aliphatic rings. The third kappa shape index (κ3) is 4.06. The van der Waals surface area contributed by atoms with Crippen LogP contribution in [0.1, 0.15) is 30.9 Å². The molecule has 29 heavy (non-hydrogen) atoms. The van der Waals surface area contributed by atoms with Gasteiger partial charge in [0.05, 0.1) is 18.8 Å². The number of halogens is 2. The van der Waals surface area contributed by atoms with Crippen molar-refractivity contribution in [2.45, 2.75) is 31.8 Å². The van der Waals surface area contributed by atoms with E-state index in [1.54, 1.807) is 23.3 Å². The molecular weight excluding hydrogens is 376 g/mol. The minimum atomic E-state index is -0.673. The number of nitrogens with zero attached hydrogens (tertiary/aromatic N) is 5. The molecule has 0 spiro atoms. The second kappa shape index (κ2) is 7.90. The number of allylic oxidation sites excluding steroid dienone is 1. The number of benzene rings is 1. The largest absolute Gasteiger partial charge is 0.273 e. The van der Waals surface area contributed by atoms with Crippen LogP contribution in [-0.2, 0) is 11.3 Å². The van der Waals surface area contributed by atoms with Crippen LogP contribution >= 0.6 is 0 Å². The van der Waals surface area contributed by atoms with Gasteiger partial charge in [-0.15, -0.1) is 0 Å². The first kappa shape index (κ1) is 18.9. The maximum atomic E-state index is 13.5. The van der Waals surface area contributed by atoms with Crippen molar-refractivity contribution < 1.29 is 13.6 Å². The van der Waals surface area contributed by atoms with E-state index in [4.69, 9.17) is 0 Å². The van der Waals surface area contributed by atoms with E-state index in [1.165, 1.54) is 17.1 Å². The van der Waals surface area contributed by atoms with Crippen LogP contribution in [0.5, 0.6) is 0 Å². The first-order valence-corrected chi connectivity index (χ1v) is 9.25. The molecule has 1 aliphatic heterocycles. The fourth-order valence-corrected chi connectivity index (χ4v) is 3.42. The van der Waals surface area contributed by atoms with Crippen LogP contribution in [0.2, 0.25) is 0 Å². The molecule has 1 amide bonds. The Morgan fingerprint density at radius 1 is 1.21 bits per heavy atom. The smallest absolute Gasteiger partial charge is 0.243 e. The lowest BCUT2D eigenvalue weighted by Crippen LogP contribution is -2.27. The van der Waals surface area contributed by atoms with Crippen LogP contribution in [0, 0.1) is 11.6 Å². The number of hydrazone groups is 1. The second-order valence-electron chi connectivity index (χ2n) is 6.96. The summed E-state index contributed by atoms with van der Waals surface area (Å²) < 4.78 is 28.8. The minimum Gasteiger partial charge on any atom is -0.273 e. The van der Waals surface area contributed by atoms with Gasteiger partial charge in [-0.1, -0.05) is 12.2 Å². The Labute approximate surface area is 166 Å². The zero-order valence-corrected chi connectivity index (χ0v) is 15.6. The topological polar surface area (TPSA) is 63.4 Å². The van der Waals surface area contributed by atoms with E-state index in [9.17, 15) is 13.6 Å². The number of fused-ring (bicyclic) bond motifs is 1. The summed E-state index contributed by atoms with van der Waals surface area (Å²) in [5, 5.41) is 10.7. The quantitative estimate of drug-likeness (QED) is 0.593. The SMILES string of the molecule is C=C(CCC(=O)N1N=CCC1c1cc(F)cc(F)c1)Cn1ncc2cccnc21. The van der Waals surface area contributed by atoms with Gasteiger partial charge in [0.1, 0.15) is 11.6 Å². The van der Waals surface area contributed by atoms with Gasteiger partial charge in [-0.05, 0) is 36.2 Å². The normalized spacial score (nSPS) is 15.9. The minimum absolute atomic E-state index is 0.192. The predicted molar refractivity (Wildman–Crippen MR) is 105 cm³/mol. The lowest BCUT2D eigenvalue weighted by molar-refractivity contribution is -0.133. The van der Waals surface area contributed by atoms with Gasteiger partial charge in [0.2, 0.25) is 5.91 Å². The van der Waals surface area contributed by atoms with Gasteiger partial charge >= 0.3 is 0 Å². The highest BCUT2D eigenvalue weighted by Crippen LogP contribution is 2.30. The van der Waals surface area contributed by atoms with Gasteiger partial charge in [-0.2, -0.15) is 10.2 Å². The first-order valence-electron chi connectivity index (χ1n) is 9.25. The number of hydrogen-bond acceptors (Lipinski definition) is 4. The Balaban J connectivity index is 1.38. The first-order chi connectivity index (χ1) is 14.0. The van der Waals surface area contributed by atoms with Gasteiger partial charge in [-0.3, -0.25) is 4.79 Å². The molecule has 3 aromatic rings. The van der Waals surface area contributed by atoms with E-state index >= 15 is 0 Å². The van der Waals surface area contributed by atoms with Crippen molar-refractivity contribution in [3.63, 3.8) is 0 Å². The van der Waals surface area contributed by atoms with Gasteiger partial charge in [0.25, 0.3) is 0 Å². The molecular formula is C21H19F2N5O. The molecule has 0 fully saturated rings. The van der Waals surface area contributed by atoms with Crippen LogP contribution in [0.15, 0.2) is 60.0 Å². The van der Waals surface area contributed by atoms with Gasteiger partial charge in [-0.25, -0.2) is 23.5 Å². The van der Waals surface area contributed by atoms with Gasteiger partial charge in [0.15, 0.2) is 5.65 Å². The zero-order valence-electron chi connectivity index (χ0n) is 15.6. The molecule has 4 rings (SSSR count). The molecule has 0 bridgehead atoms. The molecule has 2 aromatic heterocycles. The summed E-state index contributed by atoms with van der Waals surface area (Å²) in [6, 6.07) is 6.55. The predicted octanol–water partition coefficient (Wildman–Crippen LogP) is 4.01. The van der Waals surface area contributed by atoms with Crippen molar-refractivity contribution in [3.8, 4) is 0 Å². The van der Waals surface area contributed by atoms with Crippen LogP contribution < -0.4 is 0 Å². The van der Waals surface area contributed by atoms with Crippen molar-refractivity contribution >= 4 is 23.2 Å². The third-order valence-corrected chi connectivity index (χ3v) is 4.82. The zero-order chi connectivity index (χ0) is 20.4. The third-order valence-electron chi connectivity index (χ3n) is 4.82. The summed E-state index contributed by atoms with van der Waals surface area (Å²) in [5.41, 5.74) is 1.98. The number of pyridine rings is 1. The summed E-state index contributed by atoms with van der Waals surface area (Å²) >= 11 is 0. The number of carbonyl (C=O) groups excluding carboxylic acids is 1. The number of rotatable bonds is 6. The van der Waals surface area contributed by atoms with E-state index in [-0.39, 0.29) is 12.3 Å². The summed E-state index contributed by atoms with van der Waals surface area (Å²) in [6.45, 7) is 4.49. The number of carbonyl (C=O) groups is 1. The van der Waals surface area contributed by atoms with Crippen molar-refractivity contribution in [2.24, 2.45) is 5.10 Å². The van der Waals surface area contributed by atoms with Crippen molar-refractivity contribution in [3.05, 3.63) is 72.1 Å². The maximum Gasteiger partial charge on any atom is 0.243 e. The second-order valence-corrected chi connectivity index (χ2v) is 6.96. The molecule has 8 heteroatoms. The number of aromatic nitrogens is 3. The number of amides is 1. The van der Waals surface area contributed by atoms with Crippen molar-refractivity contribution in [1.82, 2.24) is 19.8 Å². The van der Waals surface area contributed by atoms with E-state index in [0.717, 1.165) is 22.7 Å². The Bertz CT molecular complexity index is 1090. The molecule has 1 atom stereocenters. The molecule has 1 aromatic carbocycles. The van der Waals surface area contributed by atoms with E-state index in [0.29, 0.717) is 24.9 Å². The molecule has 0 N–H and O–H groups in total. The van der Waals surface area contributed by atoms with E-state index in [2.05, 4.69) is 21.8 Å².